The number of carbonyl (C=O) groups is 3. The van der Waals surface area contributed by atoms with Crippen LogP contribution in [0.5, 0.6) is 0 Å². The van der Waals surface area contributed by atoms with Gasteiger partial charge in [-0.25, -0.2) is 18.6 Å². The Hall–Kier alpha value is -3.78. The maximum atomic E-state index is 13.9. The minimum Gasteiger partial charge on any atom is -0.339 e. The van der Waals surface area contributed by atoms with Gasteiger partial charge in [-0.2, -0.15) is 18.3 Å². The van der Waals surface area contributed by atoms with Gasteiger partial charge < -0.3 is 20.9 Å². The predicted octanol–water partition coefficient (Wildman–Crippen LogP) is 4.83. The Balaban J connectivity index is 1.54. The van der Waals surface area contributed by atoms with Gasteiger partial charge in [0.15, 0.2) is 0 Å². The summed E-state index contributed by atoms with van der Waals surface area (Å²) in [7, 11) is 0. The second-order valence-corrected chi connectivity index (χ2v) is 11.0. The van der Waals surface area contributed by atoms with Gasteiger partial charge in [0.05, 0.1) is 12.6 Å². The largest absolute Gasteiger partial charge is 0.410 e. The average Bonchev–Trinajstić information content (AvgIpc) is 3.56. The van der Waals surface area contributed by atoms with Crippen LogP contribution in [0.4, 0.5) is 32.6 Å². The van der Waals surface area contributed by atoms with E-state index in [-0.39, 0.29) is 36.8 Å². The lowest BCUT2D eigenvalue weighted by molar-refractivity contribution is -0.150. The van der Waals surface area contributed by atoms with Crippen LogP contribution in [0.1, 0.15) is 81.0 Å². The Morgan fingerprint density at radius 1 is 1.17 bits per heavy atom. The standard InChI is InChI=1S/C27H34F5N7O3/c1-4-18(38-14-20(27(30,31)32)35-25(38)42)17-7-11-33-21(13-17)36-24(41)22(16-5-9-26(28,29)10-6-16)37-23(40)19-8-12-34-39(19)15(2)3/h7-8,11-13,15-16,18,20,22H,4-6,9-10,14H2,1-3H3,(H,35,42)(H,37,40)(H,33,36,41)/t18-,20+,22+/m1/s1. The Labute approximate surface area is 239 Å². The molecule has 1 aliphatic heterocycles. The lowest BCUT2D eigenvalue weighted by Gasteiger charge is -2.33. The normalized spacial score (nSPS) is 20.7. The van der Waals surface area contributed by atoms with Crippen molar-refractivity contribution < 1.29 is 36.3 Å². The van der Waals surface area contributed by atoms with E-state index in [9.17, 15) is 36.3 Å². The molecular formula is C27H34F5N7O3. The number of pyridine rings is 1. The molecule has 0 radical (unpaired) electrons. The van der Waals surface area contributed by atoms with Crippen LogP contribution in [0.3, 0.4) is 0 Å². The van der Waals surface area contributed by atoms with Gasteiger partial charge in [-0.1, -0.05) is 6.92 Å². The molecule has 3 atom stereocenters. The molecule has 0 bridgehead atoms. The van der Waals surface area contributed by atoms with Gasteiger partial charge in [-0.3, -0.25) is 14.3 Å². The van der Waals surface area contributed by atoms with Crippen LogP contribution in [0.2, 0.25) is 0 Å². The molecule has 230 valence electrons. The molecule has 10 nitrogen and oxygen atoms in total. The number of alkyl halides is 5. The van der Waals surface area contributed by atoms with Crippen molar-refractivity contribution in [3.63, 3.8) is 0 Å². The fraction of sp³-hybridized carbons (Fsp3) is 0.593. The van der Waals surface area contributed by atoms with E-state index in [1.165, 1.54) is 35.3 Å². The van der Waals surface area contributed by atoms with Crippen molar-refractivity contribution in [1.29, 1.82) is 0 Å². The van der Waals surface area contributed by atoms with Crippen molar-refractivity contribution in [1.82, 2.24) is 30.3 Å². The summed E-state index contributed by atoms with van der Waals surface area (Å²) in [6.07, 6.45) is -2.37. The first kappa shape index (κ1) is 31.2. The number of rotatable bonds is 9. The molecule has 2 aromatic heterocycles. The zero-order valence-electron chi connectivity index (χ0n) is 23.4. The summed E-state index contributed by atoms with van der Waals surface area (Å²) in [5.74, 6) is -4.66. The summed E-state index contributed by atoms with van der Waals surface area (Å²) in [6, 6.07) is -0.438. The van der Waals surface area contributed by atoms with E-state index in [4.69, 9.17) is 0 Å². The van der Waals surface area contributed by atoms with Gasteiger partial charge in [-0.05, 0) is 62.8 Å². The molecule has 0 unspecified atom stereocenters. The van der Waals surface area contributed by atoms with E-state index in [0.717, 1.165) is 4.90 Å². The fourth-order valence-corrected chi connectivity index (χ4v) is 5.49. The number of amides is 4. The maximum Gasteiger partial charge on any atom is 0.410 e. The lowest BCUT2D eigenvalue weighted by atomic mass is 9.81. The third kappa shape index (κ3) is 6.98. The Bertz CT molecular complexity index is 1290. The van der Waals surface area contributed by atoms with Crippen LogP contribution in [-0.4, -0.2) is 68.2 Å². The number of nitrogens with zero attached hydrogens (tertiary/aromatic N) is 4. The first-order valence-electron chi connectivity index (χ1n) is 13.8. The molecule has 0 spiro atoms. The van der Waals surface area contributed by atoms with Crippen molar-refractivity contribution in [2.24, 2.45) is 5.92 Å². The van der Waals surface area contributed by atoms with Crippen molar-refractivity contribution in [3.8, 4) is 0 Å². The van der Waals surface area contributed by atoms with E-state index in [2.05, 4.69) is 20.7 Å². The summed E-state index contributed by atoms with van der Waals surface area (Å²) in [5, 5.41) is 11.4. The molecule has 0 aromatic carbocycles. The molecule has 1 aliphatic carbocycles. The van der Waals surface area contributed by atoms with Gasteiger partial charge in [0.2, 0.25) is 11.8 Å². The number of halogens is 5. The molecule has 4 rings (SSSR count). The molecular weight excluding hydrogens is 565 g/mol. The molecule has 4 amide bonds. The van der Waals surface area contributed by atoms with Crippen molar-refractivity contribution in [3.05, 3.63) is 41.9 Å². The number of hydrogen-bond donors (Lipinski definition) is 3. The fourth-order valence-electron chi connectivity index (χ4n) is 5.49. The lowest BCUT2D eigenvalue weighted by Crippen LogP contribution is -2.50. The summed E-state index contributed by atoms with van der Waals surface area (Å²) >= 11 is 0. The maximum absolute atomic E-state index is 13.9. The van der Waals surface area contributed by atoms with E-state index in [0.29, 0.717) is 5.56 Å². The van der Waals surface area contributed by atoms with E-state index in [1.54, 1.807) is 6.92 Å². The van der Waals surface area contributed by atoms with Gasteiger partial charge in [0, 0.05) is 31.3 Å². The molecule has 1 saturated carbocycles. The van der Waals surface area contributed by atoms with Crippen LogP contribution >= 0.6 is 0 Å². The van der Waals surface area contributed by atoms with Gasteiger partial charge >= 0.3 is 12.2 Å². The van der Waals surface area contributed by atoms with Crippen molar-refractivity contribution in [2.45, 2.75) is 89.1 Å². The second kappa shape index (κ2) is 12.2. The summed E-state index contributed by atoms with van der Waals surface area (Å²) in [4.78, 5) is 44.3. The van der Waals surface area contributed by atoms with Crippen LogP contribution in [0.15, 0.2) is 30.6 Å². The highest BCUT2D eigenvalue weighted by Gasteiger charge is 2.48. The number of urea groups is 1. The number of hydrogen-bond acceptors (Lipinski definition) is 5. The molecule has 1 saturated heterocycles. The van der Waals surface area contributed by atoms with E-state index in [1.807, 2.05) is 19.2 Å². The van der Waals surface area contributed by atoms with Crippen LogP contribution in [0, 0.1) is 5.92 Å². The van der Waals surface area contributed by atoms with Gasteiger partial charge in [0.1, 0.15) is 23.6 Å². The number of anilines is 1. The minimum absolute atomic E-state index is 0.00459. The second-order valence-electron chi connectivity index (χ2n) is 11.0. The first-order chi connectivity index (χ1) is 19.7. The number of aromatic nitrogens is 3. The van der Waals surface area contributed by atoms with E-state index < -0.39 is 73.4 Å². The molecule has 3 N–H and O–H groups in total. The van der Waals surface area contributed by atoms with E-state index >= 15 is 0 Å². The summed E-state index contributed by atoms with van der Waals surface area (Å²) < 4.78 is 69.0. The third-order valence-electron chi connectivity index (χ3n) is 7.71. The topological polar surface area (TPSA) is 121 Å². The Morgan fingerprint density at radius 2 is 1.86 bits per heavy atom. The SMILES string of the molecule is CC[C@H](c1ccnc(NC(=O)[C@@H](NC(=O)c2ccnn2C(C)C)C2CCC(F)(F)CC2)c1)N1C[C@@H](C(F)(F)F)NC1=O. The minimum atomic E-state index is -4.60. The predicted molar refractivity (Wildman–Crippen MR) is 142 cm³/mol. The van der Waals surface area contributed by atoms with Crippen molar-refractivity contribution >= 4 is 23.7 Å². The highest BCUT2D eigenvalue weighted by Crippen LogP contribution is 2.38. The molecule has 3 heterocycles. The highest BCUT2D eigenvalue weighted by molar-refractivity contribution is 6.00. The van der Waals surface area contributed by atoms with Crippen molar-refractivity contribution in [2.75, 3.05) is 11.9 Å². The zero-order valence-corrected chi connectivity index (χ0v) is 23.4. The number of nitrogens with one attached hydrogen (secondary N) is 3. The quantitative estimate of drug-likeness (QED) is 0.357. The molecule has 2 aromatic rings. The molecule has 2 aliphatic rings. The molecule has 42 heavy (non-hydrogen) atoms. The average molecular weight is 600 g/mol. The third-order valence-corrected chi connectivity index (χ3v) is 7.71. The van der Waals surface area contributed by atoms with Gasteiger partial charge in [0.25, 0.3) is 5.91 Å². The number of carbonyl (C=O) groups excluding carboxylic acids is 3. The monoisotopic (exact) mass is 599 g/mol. The smallest absolute Gasteiger partial charge is 0.339 e. The van der Waals surface area contributed by atoms with Crippen LogP contribution < -0.4 is 16.0 Å². The molecule has 2 fully saturated rings. The Morgan fingerprint density at radius 3 is 2.45 bits per heavy atom. The zero-order chi connectivity index (χ0) is 30.8. The summed E-state index contributed by atoms with van der Waals surface area (Å²) in [6.45, 7) is 4.80. The highest BCUT2D eigenvalue weighted by atomic mass is 19.4. The summed E-state index contributed by atoms with van der Waals surface area (Å²) in [5.41, 5.74) is 0.649. The Kier molecular flexibility index (Phi) is 9.06. The van der Waals surface area contributed by atoms with Crippen LogP contribution in [0.25, 0.3) is 0 Å². The first-order valence-corrected chi connectivity index (χ1v) is 13.8. The van der Waals surface area contributed by atoms with Crippen LogP contribution in [-0.2, 0) is 4.79 Å². The van der Waals surface area contributed by atoms with Gasteiger partial charge in [-0.15, -0.1) is 0 Å². The molecule has 15 heteroatoms.